The van der Waals surface area contributed by atoms with Crippen LogP contribution in [0.1, 0.15) is 25.3 Å². The van der Waals surface area contributed by atoms with Crippen molar-refractivity contribution in [1.29, 1.82) is 0 Å². The lowest BCUT2D eigenvalue weighted by Gasteiger charge is -2.30. The summed E-state index contributed by atoms with van der Waals surface area (Å²) in [5.41, 5.74) is 4.76. The number of benzene rings is 1. The standard InChI is InChI=1S/C17H19F3N4O/c1-15-8-16(15,23-14(21)24(2)13(15)25)11-5-10(3-4-12(11)18)22-7-9-6-17(9,19)20/h3-5,9,22H,6-8H2,1-2H3,(H2,21,23)/t9?,15?,16-/m1/s1. The van der Waals surface area contributed by atoms with Gasteiger partial charge < -0.3 is 11.1 Å². The fourth-order valence-electron chi connectivity index (χ4n) is 3.76. The number of rotatable bonds is 4. The van der Waals surface area contributed by atoms with E-state index in [4.69, 9.17) is 5.73 Å². The van der Waals surface area contributed by atoms with Crippen molar-refractivity contribution in [2.75, 3.05) is 18.9 Å². The Balaban J connectivity index is 1.65. The predicted molar refractivity (Wildman–Crippen MR) is 86.7 cm³/mol. The summed E-state index contributed by atoms with van der Waals surface area (Å²) in [6, 6.07) is 4.32. The van der Waals surface area contributed by atoms with Crippen LogP contribution in [0.25, 0.3) is 0 Å². The van der Waals surface area contributed by atoms with Gasteiger partial charge in [-0.05, 0) is 31.5 Å². The number of carbonyl (C=O) groups excluding carboxylic acids is 1. The van der Waals surface area contributed by atoms with E-state index in [9.17, 15) is 18.0 Å². The molecule has 3 aliphatic rings. The van der Waals surface area contributed by atoms with Crippen LogP contribution in [0.2, 0.25) is 0 Å². The van der Waals surface area contributed by atoms with Crippen LogP contribution in [0.5, 0.6) is 0 Å². The number of aliphatic imine (C=N–C) groups is 1. The summed E-state index contributed by atoms with van der Waals surface area (Å²) < 4.78 is 40.5. The number of carbonyl (C=O) groups is 1. The number of nitrogens with zero attached hydrogens (tertiary/aromatic N) is 2. The zero-order valence-corrected chi connectivity index (χ0v) is 13.9. The maximum atomic E-state index is 14.5. The summed E-state index contributed by atoms with van der Waals surface area (Å²) in [7, 11) is 1.54. The lowest BCUT2D eigenvalue weighted by atomic mass is 9.92. The molecular weight excluding hydrogens is 333 g/mol. The van der Waals surface area contributed by atoms with Crippen molar-refractivity contribution in [3.63, 3.8) is 0 Å². The van der Waals surface area contributed by atoms with Crippen molar-refractivity contribution in [1.82, 2.24) is 4.90 Å². The molecule has 1 heterocycles. The molecule has 0 aromatic heterocycles. The molecule has 134 valence electrons. The molecule has 2 aliphatic carbocycles. The van der Waals surface area contributed by atoms with Crippen LogP contribution < -0.4 is 11.1 Å². The number of hydrogen-bond acceptors (Lipinski definition) is 4. The van der Waals surface area contributed by atoms with E-state index in [1.54, 1.807) is 20.0 Å². The monoisotopic (exact) mass is 352 g/mol. The maximum Gasteiger partial charge on any atom is 0.253 e. The Hall–Kier alpha value is -2.25. The van der Waals surface area contributed by atoms with Gasteiger partial charge in [-0.2, -0.15) is 0 Å². The van der Waals surface area contributed by atoms with Crippen LogP contribution in [0.15, 0.2) is 23.2 Å². The number of halogens is 3. The highest BCUT2D eigenvalue weighted by molar-refractivity contribution is 6.04. The number of hydrogen-bond donors (Lipinski definition) is 2. The number of guanidine groups is 1. The Kier molecular flexibility index (Phi) is 3.04. The Labute approximate surface area is 143 Å². The van der Waals surface area contributed by atoms with Gasteiger partial charge in [-0.25, -0.2) is 18.2 Å². The molecule has 25 heavy (non-hydrogen) atoms. The van der Waals surface area contributed by atoms with Crippen molar-refractivity contribution >= 4 is 17.6 Å². The van der Waals surface area contributed by atoms with E-state index in [1.165, 1.54) is 17.0 Å². The molecule has 2 saturated carbocycles. The minimum Gasteiger partial charge on any atom is -0.385 e. The van der Waals surface area contributed by atoms with E-state index >= 15 is 0 Å². The normalized spacial score (nSPS) is 35.1. The fraction of sp³-hybridized carbons (Fsp3) is 0.529. The van der Waals surface area contributed by atoms with Crippen LogP contribution in [-0.2, 0) is 10.3 Å². The molecule has 5 nitrogen and oxygen atoms in total. The first kappa shape index (κ1) is 16.2. The van der Waals surface area contributed by atoms with Crippen LogP contribution in [0.3, 0.4) is 0 Å². The number of nitrogens with two attached hydrogens (primary N) is 1. The molecule has 1 aromatic rings. The smallest absolute Gasteiger partial charge is 0.253 e. The minimum absolute atomic E-state index is 0.0513. The SMILES string of the molecule is CN1C(=O)C2(C)C[C@]2(c2cc(NCC3CC3(F)F)ccc2F)N=C1N. The van der Waals surface area contributed by atoms with E-state index in [0.717, 1.165) is 0 Å². The van der Waals surface area contributed by atoms with Crippen LogP contribution in [0, 0.1) is 17.2 Å². The van der Waals surface area contributed by atoms with Crippen molar-refractivity contribution in [2.45, 2.75) is 31.2 Å². The summed E-state index contributed by atoms with van der Waals surface area (Å²) in [5.74, 6) is -3.93. The molecule has 2 unspecified atom stereocenters. The summed E-state index contributed by atoms with van der Waals surface area (Å²) in [4.78, 5) is 18.2. The Bertz CT molecular complexity index is 811. The second kappa shape index (κ2) is 4.68. The van der Waals surface area contributed by atoms with Gasteiger partial charge in [0, 0.05) is 37.2 Å². The highest BCUT2D eigenvalue weighted by Crippen LogP contribution is 2.68. The molecule has 2 fully saturated rings. The molecular formula is C17H19F3N4O. The van der Waals surface area contributed by atoms with Crippen LogP contribution >= 0.6 is 0 Å². The third-order valence-electron chi connectivity index (χ3n) is 5.74. The predicted octanol–water partition coefficient (Wildman–Crippen LogP) is 2.28. The third-order valence-corrected chi connectivity index (χ3v) is 5.74. The molecule has 0 bridgehead atoms. The van der Waals surface area contributed by atoms with Crippen molar-refractivity contribution in [3.05, 3.63) is 29.6 Å². The Morgan fingerprint density at radius 2 is 2.12 bits per heavy atom. The number of alkyl halides is 2. The Morgan fingerprint density at radius 3 is 2.76 bits per heavy atom. The molecule has 1 aliphatic heterocycles. The molecule has 3 N–H and O–H groups in total. The van der Waals surface area contributed by atoms with Crippen molar-refractivity contribution in [3.8, 4) is 0 Å². The largest absolute Gasteiger partial charge is 0.385 e. The zero-order chi connectivity index (χ0) is 18.2. The van der Waals surface area contributed by atoms with Gasteiger partial charge >= 0.3 is 0 Å². The average molecular weight is 352 g/mol. The lowest BCUT2D eigenvalue weighted by molar-refractivity contribution is -0.132. The van der Waals surface area contributed by atoms with E-state index in [0.29, 0.717) is 12.1 Å². The quantitative estimate of drug-likeness (QED) is 0.873. The molecule has 1 amide bonds. The van der Waals surface area contributed by atoms with Gasteiger partial charge in [0.15, 0.2) is 5.96 Å². The average Bonchev–Trinajstić information content (AvgIpc) is 3.38. The highest BCUT2D eigenvalue weighted by Gasteiger charge is 2.74. The first-order valence-corrected chi connectivity index (χ1v) is 8.16. The second-order valence-corrected chi connectivity index (χ2v) is 7.44. The van der Waals surface area contributed by atoms with Gasteiger partial charge in [0.2, 0.25) is 5.91 Å². The minimum atomic E-state index is -2.61. The fourth-order valence-corrected chi connectivity index (χ4v) is 3.76. The number of nitrogens with one attached hydrogen (secondary N) is 1. The molecule has 1 aromatic carbocycles. The summed E-state index contributed by atoms with van der Waals surface area (Å²) >= 11 is 0. The summed E-state index contributed by atoms with van der Waals surface area (Å²) in [5, 5.41) is 2.93. The molecule has 0 radical (unpaired) electrons. The van der Waals surface area contributed by atoms with Crippen LogP contribution in [-0.4, -0.2) is 36.3 Å². The highest BCUT2D eigenvalue weighted by atomic mass is 19.3. The van der Waals surface area contributed by atoms with Crippen LogP contribution in [0.4, 0.5) is 18.9 Å². The molecule has 0 spiro atoms. The number of fused-ring (bicyclic) bond motifs is 1. The van der Waals surface area contributed by atoms with E-state index in [2.05, 4.69) is 10.3 Å². The topological polar surface area (TPSA) is 70.7 Å². The van der Waals surface area contributed by atoms with Gasteiger partial charge in [0.05, 0.1) is 5.41 Å². The second-order valence-electron chi connectivity index (χ2n) is 7.44. The van der Waals surface area contributed by atoms with E-state index in [-0.39, 0.29) is 30.4 Å². The maximum absolute atomic E-state index is 14.5. The summed E-state index contributed by atoms with van der Waals surface area (Å²) in [6.45, 7) is 1.86. The van der Waals surface area contributed by atoms with Crippen molar-refractivity contribution in [2.24, 2.45) is 22.1 Å². The summed E-state index contributed by atoms with van der Waals surface area (Å²) in [6.07, 6.45) is 0.239. The molecule has 4 rings (SSSR count). The van der Waals surface area contributed by atoms with Gasteiger partial charge in [0.25, 0.3) is 5.92 Å². The van der Waals surface area contributed by atoms with Gasteiger partial charge in [-0.1, -0.05) is 0 Å². The van der Waals surface area contributed by atoms with Gasteiger partial charge in [0.1, 0.15) is 11.4 Å². The third kappa shape index (κ3) is 2.15. The first-order valence-electron chi connectivity index (χ1n) is 8.16. The molecule has 8 heteroatoms. The lowest BCUT2D eigenvalue weighted by Crippen LogP contribution is -2.48. The first-order chi connectivity index (χ1) is 11.6. The van der Waals surface area contributed by atoms with Crippen molar-refractivity contribution < 1.29 is 18.0 Å². The van der Waals surface area contributed by atoms with E-state index < -0.39 is 28.6 Å². The van der Waals surface area contributed by atoms with Gasteiger partial charge in [-0.3, -0.25) is 9.69 Å². The Morgan fingerprint density at radius 1 is 1.44 bits per heavy atom. The molecule has 3 atom stereocenters. The zero-order valence-electron chi connectivity index (χ0n) is 13.9. The molecule has 0 saturated heterocycles. The number of amides is 1. The number of anilines is 1. The van der Waals surface area contributed by atoms with Gasteiger partial charge in [-0.15, -0.1) is 0 Å². The van der Waals surface area contributed by atoms with E-state index in [1.807, 2.05) is 0 Å².